The zero-order valence-corrected chi connectivity index (χ0v) is 10.7. The van der Waals surface area contributed by atoms with E-state index in [1.165, 1.54) is 4.57 Å². The summed E-state index contributed by atoms with van der Waals surface area (Å²) in [7, 11) is 0. The van der Waals surface area contributed by atoms with Crippen LogP contribution in [0.15, 0.2) is 24.4 Å². The average Bonchev–Trinajstić information content (AvgIpc) is 2.77. The number of fused-ring (bicyclic) bond motifs is 3. The van der Waals surface area contributed by atoms with E-state index in [4.69, 9.17) is 5.73 Å². The molecule has 0 aliphatic carbocycles. The Morgan fingerprint density at radius 2 is 2.14 bits per heavy atom. The lowest BCUT2D eigenvalue weighted by atomic mass is 10.1. The number of nitrogens with two attached hydrogens (primary N) is 1. The quantitative estimate of drug-likeness (QED) is 0.845. The number of aromatic nitrogens is 2. The van der Waals surface area contributed by atoms with E-state index in [1.807, 2.05) is 0 Å². The fraction of sp³-hybridized carbons (Fsp3) is 0.231. The zero-order chi connectivity index (χ0) is 15.2. The third-order valence-corrected chi connectivity index (χ3v) is 3.22. The molecule has 1 amide bonds. The highest BCUT2D eigenvalue weighted by Gasteiger charge is 2.36. The first-order valence-electron chi connectivity index (χ1n) is 6.16. The van der Waals surface area contributed by atoms with Gasteiger partial charge in [-0.3, -0.25) is 4.79 Å². The highest BCUT2D eigenvalue weighted by atomic mass is 19.4. The van der Waals surface area contributed by atoms with Crippen molar-refractivity contribution in [1.82, 2.24) is 9.55 Å². The molecule has 0 saturated heterocycles. The Balaban J connectivity index is 2.19. The predicted octanol–water partition coefficient (Wildman–Crippen LogP) is 1.98. The molecular weight excluding hydrogens is 285 g/mol. The van der Waals surface area contributed by atoms with E-state index in [1.54, 1.807) is 18.2 Å². The molecule has 1 aliphatic rings. The van der Waals surface area contributed by atoms with Crippen molar-refractivity contribution in [2.75, 3.05) is 5.32 Å². The molecule has 3 N–H and O–H groups in total. The molecule has 0 atom stereocenters. The number of hydrogen-bond donors (Lipinski definition) is 2. The fourth-order valence-corrected chi connectivity index (χ4v) is 2.25. The van der Waals surface area contributed by atoms with E-state index in [0.717, 1.165) is 11.8 Å². The first-order chi connectivity index (χ1) is 9.88. The van der Waals surface area contributed by atoms with E-state index in [9.17, 15) is 18.0 Å². The van der Waals surface area contributed by atoms with Gasteiger partial charge < -0.3 is 15.6 Å². The smallest absolute Gasteiger partial charge is 0.326 e. The van der Waals surface area contributed by atoms with Crippen LogP contribution in [0.1, 0.15) is 11.3 Å². The maximum Gasteiger partial charge on any atom is 0.434 e. The Morgan fingerprint density at radius 3 is 2.81 bits per heavy atom. The molecule has 5 nitrogen and oxygen atoms in total. The Bertz CT molecular complexity index is 721. The monoisotopic (exact) mass is 296 g/mol. The molecule has 1 aromatic carbocycles. The molecule has 0 unspecified atom stereocenters. The van der Waals surface area contributed by atoms with Crippen molar-refractivity contribution in [3.05, 3.63) is 35.7 Å². The van der Waals surface area contributed by atoms with E-state index >= 15 is 0 Å². The number of halogens is 3. The van der Waals surface area contributed by atoms with Crippen molar-refractivity contribution in [3.63, 3.8) is 0 Å². The minimum absolute atomic E-state index is 0.110. The van der Waals surface area contributed by atoms with Gasteiger partial charge in [-0.05, 0) is 17.7 Å². The van der Waals surface area contributed by atoms with Crippen molar-refractivity contribution in [3.8, 4) is 11.4 Å². The third kappa shape index (κ3) is 2.38. The summed E-state index contributed by atoms with van der Waals surface area (Å²) in [5.74, 6) is -0.297. The number of benzene rings is 1. The van der Waals surface area contributed by atoms with Crippen LogP contribution in [0.5, 0.6) is 0 Å². The van der Waals surface area contributed by atoms with Crippen LogP contribution >= 0.6 is 0 Å². The highest BCUT2D eigenvalue weighted by Crippen LogP contribution is 2.35. The Labute approximate surface area is 117 Å². The molecule has 2 aromatic rings. The van der Waals surface area contributed by atoms with Gasteiger partial charge in [-0.1, -0.05) is 6.07 Å². The van der Waals surface area contributed by atoms with Crippen molar-refractivity contribution in [1.29, 1.82) is 0 Å². The summed E-state index contributed by atoms with van der Waals surface area (Å²) in [4.78, 5) is 15.4. The standard InChI is InChI=1S/C13H11F3N4O/c14-13(15,16)10-5-20-6-11(21)18-9-3-7(4-17)1-2-8(9)12(20)19-10/h1-3,5H,4,6,17H2,(H,18,21). The lowest BCUT2D eigenvalue weighted by Gasteiger charge is -2.08. The van der Waals surface area contributed by atoms with Gasteiger partial charge in [0.2, 0.25) is 5.91 Å². The molecule has 110 valence electrons. The largest absolute Gasteiger partial charge is 0.434 e. The number of anilines is 1. The van der Waals surface area contributed by atoms with E-state index in [2.05, 4.69) is 10.3 Å². The van der Waals surface area contributed by atoms with Crippen molar-refractivity contribution < 1.29 is 18.0 Å². The zero-order valence-electron chi connectivity index (χ0n) is 10.7. The highest BCUT2D eigenvalue weighted by molar-refractivity contribution is 5.96. The van der Waals surface area contributed by atoms with Gasteiger partial charge in [0.15, 0.2) is 5.69 Å². The first-order valence-corrected chi connectivity index (χ1v) is 6.16. The van der Waals surface area contributed by atoms with Gasteiger partial charge in [-0.15, -0.1) is 0 Å². The normalized spacial score (nSPS) is 14.2. The predicted molar refractivity (Wildman–Crippen MR) is 69.2 cm³/mol. The van der Waals surface area contributed by atoms with Crippen LogP contribution in [-0.4, -0.2) is 15.5 Å². The third-order valence-electron chi connectivity index (χ3n) is 3.22. The summed E-state index contributed by atoms with van der Waals surface area (Å²) < 4.78 is 39.5. The van der Waals surface area contributed by atoms with Crippen LogP contribution in [0.3, 0.4) is 0 Å². The minimum Gasteiger partial charge on any atom is -0.326 e. The van der Waals surface area contributed by atoms with Gasteiger partial charge in [-0.2, -0.15) is 13.2 Å². The van der Waals surface area contributed by atoms with Crippen molar-refractivity contribution >= 4 is 11.6 Å². The van der Waals surface area contributed by atoms with Crippen LogP contribution < -0.4 is 11.1 Å². The molecule has 8 heteroatoms. The summed E-state index contributed by atoms with van der Waals surface area (Å²) in [5, 5.41) is 2.65. The summed E-state index contributed by atoms with van der Waals surface area (Å²) in [6.07, 6.45) is -3.70. The second-order valence-corrected chi connectivity index (χ2v) is 4.71. The number of nitrogens with zero attached hydrogens (tertiary/aromatic N) is 2. The number of carbonyl (C=O) groups excluding carboxylic acids is 1. The molecule has 1 aliphatic heterocycles. The molecule has 0 fully saturated rings. The van der Waals surface area contributed by atoms with Gasteiger partial charge in [0, 0.05) is 18.3 Å². The summed E-state index contributed by atoms with van der Waals surface area (Å²) in [5.41, 5.74) is 6.14. The molecule has 0 saturated carbocycles. The SMILES string of the molecule is NCc1ccc2c(c1)NC(=O)Cn1cc(C(F)(F)F)nc1-2. The lowest BCUT2D eigenvalue weighted by Crippen LogP contribution is -2.16. The molecule has 1 aromatic heterocycles. The van der Waals surface area contributed by atoms with E-state index < -0.39 is 17.8 Å². The minimum atomic E-state index is -4.55. The topological polar surface area (TPSA) is 72.9 Å². The van der Waals surface area contributed by atoms with Crippen LogP contribution in [0.25, 0.3) is 11.4 Å². The number of imidazole rings is 1. The number of carbonyl (C=O) groups is 1. The van der Waals surface area contributed by atoms with Gasteiger partial charge in [0.1, 0.15) is 12.4 Å². The molecule has 0 bridgehead atoms. The van der Waals surface area contributed by atoms with Crippen molar-refractivity contribution in [2.24, 2.45) is 5.73 Å². The maximum atomic E-state index is 12.8. The Kier molecular flexibility index (Phi) is 2.98. The molecular formula is C13H11F3N4O. The molecule has 21 heavy (non-hydrogen) atoms. The summed E-state index contributed by atoms with van der Waals surface area (Å²) >= 11 is 0. The summed E-state index contributed by atoms with van der Waals surface area (Å²) in [6.45, 7) is 0.0520. The number of alkyl halides is 3. The number of amides is 1. The second kappa shape index (κ2) is 4.59. The molecule has 3 rings (SSSR count). The average molecular weight is 296 g/mol. The number of nitrogens with one attached hydrogen (secondary N) is 1. The molecule has 0 spiro atoms. The van der Waals surface area contributed by atoms with Crippen LogP contribution in [0, 0.1) is 0 Å². The van der Waals surface area contributed by atoms with Crippen LogP contribution in [-0.2, 0) is 24.1 Å². The van der Waals surface area contributed by atoms with Crippen LogP contribution in [0.2, 0.25) is 0 Å². The van der Waals surface area contributed by atoms with Gasteiger partial charge >= 0.3 is 6.18 Å². The number of hydrogen-bond acceptors (Lipinski definition) is 3. The second-order valence-electron chi connectivity index (χ2n) is 4.71. The van der Waals surface area contributed by atoms with Gasteiger partial charge in [0.25, 0.3) is 0 Å². The van der Waals surface area contributed by atoms with Gasteiger partial charge in [0.05, 0.1) is 5.69 Å². The molecule has 2 heterocycles. The van der Waals surface area contributed by atoms with Crippen LogP contribution in [0.4, 0.5) is 18.9 Å². The van der Waals surface area contributed by atoms with E-state index in [-0.39, 0.29) is 18.9 Å². The Morgan fingerprint density at radius 1 is 1.38 bits per heavy atom. The number of rotatable bonds is 1. The summed E-state index contributed by atoms with van der Waals surface area (Å²) in [6, 6.07) is 4.95. The fourth-order valence-electron chi connectivity index (χ4n) is 2.25. The maximum absolute atomic E-state index is 12.8. The van der Waals surface area contributed by atoms with Gasteiger partial charge in [-0.25, -0.2) is 4.98 Å². The Hall–Kier alpha value is -2.35. The first kappa shape index (κ1) is 13.6. The lowest BCUT2D eigenvalue weighted by molar-refractivity contribution is -0.141. The van der Waals surface area contributed by atoms with E-state index in [0.29, 0.717) is 11.3 Å². The van der Waals surface area contributed by atoms with Crippen molar-refractivity contribution in [2.45, 2.75) is 19.3 Å². The molecule has 0 radical (unpaired) electrons.